The van der Waals surface area contributed by atoms with Gasteiger partial charge in [0.2, 0.25) is 0 Å². The standard InChI is InChI=1S/C12H20O9S2.K/c1-12(2,7-22-8(10(15)16)6-9(13)14)11(17)21-4-3-5-23(18,19)20;/h8H,3-7H2,1-2H3,(H,13,14)(H,15,16)(H,18,19,20);/q;+1/p-1. The molecule has 24 heavy (non-hydrogen) atoms. The van der Waals surface area contributed by atoms with Gasteiger partial charge in [-0.05, 0) is 20.3 Å². The summed E-state index contributed by atoms with van der Waals surface area (Å²) in [5.74, 6) is -3.87. The average molecular weight is 411 g/mol. The number of hydrogen-bond donors (Lipinski definition) is 2. The first-order valence-electron chi connectivity index (χ1n) is 6.52. The number of hydrogen-bond acceptors (Lipinski definition) is 8. The van der Waals surface area contributed by atoms with E-state index in [4.69, 9.17) is 14.9 Å². The Bertz CT molecular complexity index is 545. The minimum Gasteiger partial charge on any atom is -0.748 e. The fourth-order valence-electron chi connectivity index (χ4n) is 1.34. The van der Waals surface area contributed by atoms with E-state index in [0.29, 0.717) is 0 Å². The van der Waals surface area contributed by atoms with Crippen molar-refractivity contribution in [3.05, 3.63) is 0 Å². The molecule has 0 radical (unpaired) electrons. The summed E-state index contributed by atoms with van der Waals surface area (Å²) in [4.78, 5) is 33.4. The Morgan fingerprint density at radius 2 is 1.79 bits per heavy atom. The van der Waals surface area contributed by atoms with Crippen LogP contribution < -0.4 is 51.4 Å². The van der Waals surface area contributed by atoms with Crippen molar-refractivity contribution in [1.82, 2.24) is 0 Å². The third-order valence-corrected chi connectivity index (χ3v) is 5.05. The summed E-state index contributed by atoms with van der Waals surface area (Å²) in [5.41, 5.74) is -1.09. The predicted molar refractivity (Wildman–Crippen MR) is 80.1 cm³/mol. The van der Waals surface area contributed by atoms with Gasteiger partial charge in [-0.1, -0.05) is 0 Å². The van der Waals surface area contributed by atoms with Gasteiger partial charge < -0.3 is 19.5 Å². The molecule has 0 heterocycles. The molecule has 12 heteroatoms. The summed E-state index contributed by atoms with van der Waals surface area (Å²) in [6.45, 7) is 2.74. The molecule has 0 spiro atoms. The van der Waals surface area contributed by atoms with E-state index in [1.807, 2.05) is 0 Å². The van der Waals surface area contributed by atoms with Crippen molar-refractivity contribution in [3.8, 4) is 0 Å². The largest absolute Gasteiger partial charge is 1.00 e. The van der Waals surface area contributed by atoms with Gasteiger partial charge >= 0.3 is 69.3 Å². The molecule has 0 aliphatic rings. The van der Waals surface area contributed by atoms with Crippen molar-refractivity contribution in [2.24, 2.45) is 5.41 Å². The van der Waals surface area contributed by atoms with E-state index in [0.717, 1.165) is 11.8 Å². The molecule has 0 bridgehead atoms. The predicted octanol–water partition coefficient (Wildman–Crippen LogP) is -2.84. The molecule has 0 aliphatic heterocycles. The normalized spacial score (nSPS) is 12.8. The molecule has 9 nitrogen and oxygen atoms in total. The van der Waals surface area contributed by atoms with Gasteiger partial charge in [0, 0.05) is 11.5 Å². The molecule has 134 valence electrons. The Morgan fingerprint density at radius 1 is 1.25 bits per heavy atom. The third-order valence-electron chi connectivity index (χ3n) is 2.61. The molecule has 0 rings (SSSR count). The first-order valence-corrected chi connectivity index (χ1v) is 9.15. The summed E-state index contributed by atoms with van der Waals surface area (Å²) in [6, 6.07) is 0. The maximum absolute atomic E-state index is 11.9. The average Bonchev–Trinajstić information content (AvgIpc) is 2.37. The molecule has 0 aromatic heterocycles. The van der Waals surface area contributed by atoms with E-state index in [9.17, 15) is 27.4 Å². The van der Waals surface area contributed by atoms with E-state index < -0.39 is 50.9 Å². The minimum absolute atomic E-state index is 0. The van der Waals surface area contributed by atoms with Crippen molar-refractivity contribution < 1.29 is 93.7 Å². The number of carboxylic acids is 2. The smallest absolute Gasteiger partial charge is 0.748 e. The molecular formula is C12H19KO9S2. The fourth-order valence-corrected chi connectivity index (χ4v) is 2.95. The van der Waals surface area contributed by atoms with Crippen LogP contribution in [0.15, 0.2) is 0 Å². The molecule has 0 fully saturated rings. The Hall–Kier alpha value is 0.306. The molecule has 1 unspecified atom stereocenters. The second kappa shape index (κ2) is 11.8. The zero-order valence-electron chi connectivity index (χ0n) is 13.7. The number of carbonyl (C=O) groups is 3. The van der Waals surface area contributed by atoms with Crippen molar-refractivity contribution in [3.63, 3.8) is 0 Å². The van der Waals surface area contributed by atoms with Gasteiger partial charge in [-0.15, -0.1) is 11.8 Å². The number of ether oxygens (including phenoxy) is 1. The Labute approximate surface area is 187 Å². The maximum Gasteiger partial charge on any atom is 1.00 e. The van der Waals surface area contributed by atoms with Gasteiger partial charge in [-0.2, -0.15) is 0 Å². The van der Waals surface area contributed by atoms with E-state index in [2.05, 4.69) is 0 Å². The van der Waals surface area contributed by atoms with Crippen LogP contribution >= 0.6 is 11.8 Å². The van der Waals surface area contributed by atoms with E-state index >= 15 is 0 Å². The van der Waals surface area contributed by atoms with Gasteiger partial charge in [0.25, 0.3) is 0 Å². The van der Waals surface area contributed by atoms with Gasteiger partial charge in [-0.3, -0.25) is 14.4 Å². The van der Waals surface area contributed by atoms with Crippen molar-refractivity contribution in [2.75, 3.05) is 18.1 Å². The molecule has 0 saturated carbocycles. The van der Waals surface area contributed by atoms with Crippen molar-refractivity contribution in [1.29, 1.82) is 0 Å². The van der Waals surface area contributed by atoms with Crippen LogP contribution in [0.4, 0.5) is 0 Å². The van der Waals surface area contributed by atoms with Crippen LogP contribution in [0, 0.1) is 5.41 Å². The molecule has 0 saturated heterocycles. The van der Waals surface area contributed by atoms with Gasteiger partial charge in [0.05, 0.1) is 28.6 Å². The number of aliphatic carboxylic acids is 2. The van der Waals surface area contributed by atoms with Crippen molar-refractivity contribution >= 4 is 39.8 Å². The summed E-state index contributed by atoms with van der Waals surface area (Å²) in [7, 11) is -4.37. The number of carbonyl (C=O) groups excluding carboxylic acids is 1. The zero-order valence-corrected chi connectivity index (χ0v) is 18.4. The van der Waals surface area contributed by atoms with Gasteiger partial charge in [-0.25, -0.2) is 8.42 Å². The first-order chi connectivity index (χ1) is 10.3. The molecule has 2 N–H and O–H groups in total. The van der Waals surface area contributed by atoms with Crippen LogP contribution in [0.2, 0.25) is 0 Å². The number of thioether (sulfide) groups is 1. The quantitative estimate of drug-likeness (QED) is 0.157. The molecule has 0 aromatic carbocycles. The first kappa shape index (κ1) is 26.5. The Kier molecular flexibility index (Phi) is 13.1. The summed E-state index contributed by atoms with van der Waals surface area (Å²) in [5, 5.41) is 16.4. The Balaban J connectivity index is 0. The SMILES string of the molecule is CC(C)(CSC(CC(=O)O)C(=O)O)C(=O)OCCCS(=O)(=O)[O-].[K+]. The molecular weight excluding hydrogens is 391 g/mol. The van der Waals surface area contributed by atoms with Crippen LogP contribution in [-0.2, 0) is 29.2 Å². The summed E-state index contributed by atoms with van der Waals surface area (Å²) in [6.07, 6.45) is -0.704. The van der Waals surface area contributed by atoms with Gasteiger partial charge in [0.1, 0.15) is 5.25 Å². The molecule has 0 amide bonds. The molecule has 0 aliphatic carbocycles. The fraction of sp³-hybridized carbons (Fsp3) is 0.750. The van der Waals surface area contributed by atoms with Gasteiger partial charge in [0.15, 0.2) is 0 Å². The number of carboxylic acid groups (broad SMARTS) is 2. The third kappa shape index (κ3) is 12.6. The van der Waals surface area contributed by atoms with Crippen LogP contribution in [-0.4, -0.2) is 64.5 Å². The van der Waals surface area contributed by atoms with E-state index in [-0.39, 0.29) is 70.2 Å². The van der Waals surface area contributed by atoms with Crippen LogP contribution in [0.1, 0.15) is 26.7 Å². The topological polar surface area (TPSA) is 158 Å². The molecule has 1 atom stereocenters. The van der Waals surface area contributed by atoms with Crippen LogP contribution in [0.3, 0.4) is 0 Å². The van der Waals surface area contributed by atoms with E-state index in [1.165, 1.54) is 13.8 Å². The number of esters is 1. The Morgan fingerprint density at radius 3 is 2.21 bits per heavy atom. The van der Waals surface area contributed by atoms with E-state index in [1.54, 1.807) is 0 Å². The second-order valence-corrected chi connectivity index (χ2v) is 8.09. The monoisotopic (exact) mass is 410 g/mol. The second-order valence-electron chi connectivity index (χ2n) is 5.37. The number of rotatable bonds is 11. The maximum atomic E-state index is 11.9. The molecule has 0 aromatic rings. The van der Waals surface area contributed by atoms with Crippen LogP contribution in [0.5, 0.6) is 0 Å². The minimum atomic E-state index is -4.37. The van der Waals surface area contributed by atoms with Crippen molar-refractivity contribution in [2.45, 2.75) is 31.9 Å². The summed E-state index contributed by atoms with van der Waals surface area (Å²) < 4.78 is 36.1. The summed E-state index contributed by atoms with van der Waals surface area (Å²) >= 11 is 0.810. The van der Waals surface area contributed by atoms with Crippen LogP contribution in [0.25, 0.3) is 0 Å². The zero-order chi connectivity index (χ0) is 18.3.